The first-order valence-electron chi connectivity index (χ1n) is 14.6. The number of alkyl halides is 3. The lowest BCUT2D eigenvalue weighted by molar-refractivity contribution is -0.138. The summed E-state index contributed by atoms with van der Waals surface area (Å²) in [6.45, 7) is 0.239. The van der Waals surface area contributed by atoms with Crippen molar-refractivity contribution >= 4 is 28.8 Å². The number of hydrogen-bond acceptors (Lipinski definition) is 5. The monoisotopic (exact) mass is 643 g/mol. The first-order chi connectivity index (χ1) is 22.2. The number of halogens is 3. The van der Waals surface area contributed by atoms with Crippen LogP contribution in [0.15, 0.2) is 114 Å². The molecule has 236 valence electrons. The fourth-order valence-electron chi connectivity index (χ4n) is 4.94. The van der Waals surface area contributed by atoms with E-state index < -0.39 is 17.6 Å². The molecule has 0 radical (unpaired) electrons. The van der Waals surface area contributed by atoms with E-state index in [0.29, 0.717) is 23.7 Å². The van der Waals surface area contributed by atoms with Crippen LogP contribution in [-0.4, -0.2) is 11.8 Å². The van der Waals surface area contributed by atoms with Crippen molar-refractivity contribution < 1.29 is 27.5 Å². The number of amides is 2. The van der Waals surface area contributed by atoms with Crippen LogP contribution in [0.25, 0.3) is 11.1 Å². The Morgan fingerprint density at radius 1 is 0.826 bits per heavy atom. The normalized spacial score (nSPS) is 11.2. The number of carbonyl (C=O) groups excluding carboxylic acids is 2. The number of anilines is 1. The third-order valence-electron chi connectivity index (χ3n) is 7.33. The highest BCUT2D eigenvalue weighted by Gasteiger charge is 2.33. The third kappa shape index (κ3) is 8.41. The standard InChI is InChI=1S/C36H32F3N3O3S/c37-36(38,39)31-9-2-1-7-28(31)22-41-34(43)16-17-35(44)42(23-25-12-14-27(15-13-25)29-18-19-46-24-29)32-10-3-4-11-33(32)45-30-8-5-6-26(20-30)21-40/h1-15,18-20,24H,16-17,21-23,40H2,(H,41,43). The molecule has 0 fully saturated rings. The first kappa shape index (κ1) is 32.5. The van der Waals surface area contributed by atoms with Crippen molar-refractivity contribution in [3.63, 3.8) is 0 Å². The number of nitrogens with zero attached hydrogens (tertiary/aromatic N) is 1. The molecule has 0 saturated carbocycles. The van der Waals surface area contributed by atoms with Gasteiger partial charge >= 0.3 is 6.18 Å². The second-order valence-electron chi connectivity index (χ2n) is 10.5. The van der Waals surface area contributed by atoms with Crippen molar-refractivity contribution in [2.75, 3.05) is 4.90 Å². The molecule has 46 heavy (non-hydrogen) atoms. The van der Waals surface area contributed by atoms with Crippen LogP contribution in [0.3, 0.4) is 0 Å². The van der Waals surface area contributed by atoms with Gasteiger partial charge in [-0.15, -0.1) is 0 Å². The molecule has 1 heterocycles. The lowest BCUT2D eigenvalue weighted by atomic mass is 10.1. The Labute approximate surface area is 269 Å². The minimum absolute atomic E-state index is 0.0491. The van der Waals surface area contributed by atoms with E-state index in [-0.39, 0.29) is 37.4 Å². The van der Waals surface area contributed by atoms with Crippen LogP contribution < -0.4 is 20.7 Å². The highest BCUT2D eigenvalue weighted by atomic mass is 32.1. The number of benzene rings is 4. The molecule has 2 amide bonds. The summed E-state index contributed by atoms with van der Waals surface area (Å²) in [5.41, 5.74) is 9.36. The van der Waals surface area contributed by atoms with Crippen molar-refractivity contribution in [3.8, 4) is 22.6 Å². The average molecular weight is 644 g/mol. The smallest absolute Gasteiger partial charge is 0.416 e. The van der Waals surface area contributed by atoms with Crippen LogP contribution in [-0.2, 0) is 35.4 Å². The molecule has 5 aromatic rings. The van der Waals surface area contributed by atoms with Crippen molar-refractivity contribution in [2.24, 2.45) is 5.73 Å². The Morgan fingerprint density at radius 3 is 2.33 bits per heavy atom. The van der Waals surface area contributed by atoms with E-state index in [1.807, 2.05) is 53.9 Å². The number of rotatable bonds is 12. The van der Waals surface area contributed by atoms with Crippen LogP contribution in [0, 0.1) is 0 Å². The van der Waals surface area contributed by atoms with Crippen molar-refractivity contribution in [1.82, 2.24) is 5.32 Å². The number of thiophene rings is 1. The summed E-state index contributed by atoms with van der Waals surface area (Å²) in [4.78, 5) is 28.1. The fraction of sp³-hybridized carbons (Fsp3) is 0.167. The van der Waals surface area contributed by atoms with E-state index in [2.05, 4.69) is 10.7 Å². The van der Waals surface area contributed by atoms with E-state index in [1.165, 1.54) is 18.2 Å². The van der Waals surface area contributed by atoms with Crippen LogP contribution in [0.5, 0.6) is 11.5 Å². The zero-order valence-corrected chi connectivity index (χ0v) is 25.6. The molecule has 0 aliphatic carbocycles. The summed E-state index contributed by atoms with van der Waals surface area (Å²) in [6, 6.07) is 29.5. The summed E-state index contributed by atoms with van der Waals surface area (Å²) >= 11 is 1.61. The van der Waals surface area contributed by atoms with Gasteiger partial charge in [-0.3, -0.25) is 9.59 Å². The Bertz CT molecular complexity index is 1770. The van der Waals surface area contributed by atoms with Gasteiger partial charge in [0.15, 0.2) is 5.75 Å². The largest absolute Gasteiger partial charge is 0.455 e. The molecule has 0 unspecified atom stereocenters. The predicted octanol–water partition coefficient (Wildman–Crippen LogP) is 8.31. The number of ether oxygens (including phenoxy) is 1. The average Bonchev–Trinajstić information content (AvgIpc) is 3.61. The van der Waals surface area contributed by atoms with Gasteiger partial charge in [0.05, 0.1) is 17.8 Å². The molecule has 3 N–H and O–H groups in total. The number of para-hydroxylation sites is 2. The highest BCUT2D eigenvalue weighted by molar-refractivity contribution is 7.08. The van der Waals surface area contributed by atoms with Gasteiger partial charge in [-0.05, 0) is 75.0 Å². The van der Waals surface area contributed by atoms with Gasteiger partial charge in [0.1, 0.15) is 5.75 Å². The minimum Gasteiger partial charge on any atom is -0.455 e. The Balaban J connectivity index is 1.34. The van der Waals surface area contributed by atoms with Gasteiger partial charge in [0.2, 0.25) is 11.8 Å². The second-order valence-corrected chi connectivity index (χ2v) is 11.3. The van der Waals surface area contributed by atoms with Crippen molar-refractivity contribution in [1.29, 1.82) is 0 Å². The topological polar surface area (TPSA) is 84.7 Å². The quantitative estimate of drug-likeness (QED) is 0.143. The molecule has 0 atom stereocenters. The molecule has 10 heteroatoms. The van der Waals surface area contributed by atoms with E-state index in [0.717, 1.165) is 28.3 Å². The maximum Gasteiger partial charge on any atom is 0.416 e. The number of carbonyl (C=O) groups is 2. The predicted molar refractivity (Wildman–Crippen MR) is 174 cm³/mol. The number of nitrogens with one attached hydrogen (secondary N) is 1. The van der Waals surface area contributed by atoms with E-state index in [1.54, 1.807) is 46.6 Å². The second kappa shape index (κ2) is 14.9. The third-order valence-corrected chi connectivity index (χ3v) is 8.02. The van der Waals surface area contributed by atoms with Crippen molar-refractivity contribution in [3.05, 3.63) is 136 Å². The Hall–Kier alpha value is -4.93. The molecule has 5 rings (SSSR count). The van der Waals surface area contributed by atoms with Gasteiger partial charge in [-0.1, -0.05) is 66.7 Å². The van der Waals surface area contributed by atoms with Crippen LogP contribution >= 0.6 is 11.3 Å². The zero-order chi connectivity index (χ0) is 32.5. The summed E-state index contributed by atoms with van der Waals surface area (Å²) in [5, 5.41) is 6.60. The SMILES string of the molecule is NCc1cccc(Oc2ccccc2N(Cc2ccc(-c3ccsc3)cc2)C(=O)CCC(=O)NCc2ccccc2C(F)(F)F)c1. The molecular weight excluding hydrogens is 611 g/mol. The molecule has 0 saturated heterocycles. The maximum atomic E-state index is 13.8. The molecule has 1 aromatic heterocycles. The van der Waals surface area contributed by atoms with E-state index >= 15 is 0 Å². The summed E-state index contributed by atoms with van der Waals surface area (Å²) < 4.78 is 46.4. The van der Waals surface area contributed by atoms with Crippen molar-refractivity contribution in [2.45, 2.75) is 38.7 Å². The summed E-state index contributed by atoms with van der Waals surface area (Å²) in [5.74, 6) is 0.114. The van der Waals surface area contributed by atoms with Gasteiger partial charge in [0.25, 0.3) is 0 Å². The molecule has 0 aliphatic rings. The molecule has 0 aliphatic heterocycles. The molecule has 0 bridgehead atoms. The molecular formula is C36H32F3N3O3S. The highest BCUT2D eigenvalue weighted by Crippen LogP contribution is 2.35. The van der Waals surface area contributed by atoms with Crippen LogP contribution in [0.1, 0.15) is 35.1 Å². The van der Waals surface area contributed by atoms with Gasteiger partial charge < -0.3 is 20.7 Å². The van der Waals surface area contributed by atoms with Crippen LogP contribution in [0.2, 0.25) is 0 Å². The molecule has 0 spiro atoms. The molecule has 6 nitrogen and oxygen atoms in total. The Kier molecular flexibility index (Phi) is 10.5. The van der Waals surface area contributed by atoms with Gasteiger partial charge in [0, 0.05) is 25.9 Å². The first-order valence-corrected chi connectivity index (χ1v) is 15.5. The summed E-state index contributed by atoms with van der Waals surface area (Å²) in [6.07, 6.45) is -4.92. The fourth-order valence-corrected chi connectivity index (χ4v) is 5.60. The van der Waals surface area contributed by atoms with Gasteiger partial charge in [-0.2, -0.15) is 24.5 Å². The van der Waals surface area contributed by atoms with Crippen LogP contribution in [0.4, 0.5) is 18.9 Å². The number of nitrogens with two attached hydrogens (primary N) is 1. The lowest BCUT2D eigenvalue weighted by Crippen LogP contribution is -2.32. The van der Waals surface area contributed by atoms with E-state index in [4.69, 9.17) is 10.5 Å². The zero-order valence-electron chi connectivity index (χ0n) is 24.8. The lowest BCUT2D eigenvalue weighted by Gasteiger charge is -2.25. The maximum absolute atomic E-state index is 13.8. The van der Waals surface area contributed by atoms with Gasteiger partial charge in [-0.25, -0.2) is 0 Å². The minimum atomic E-state index is -4.54. The molecule has 4 aromatic carbocycles. The summed E-state index contributed by atoms with van der Waals surface area (Å²) in [7, 11) is 0. The van der Waals surface area contributed by atoms with E-state index in [9.17, 15) is 22.8 Å². The Morgan fingerprint density at radius 2 is 1.59 bits per heavy atom. The number of hydrogen-bond donors (Lipinski definition) is 2.